The van der Waals surface area contributed by atoms with Crippen LogP contribution in [0, 0.1) is 5.92 Å². The Kier molecular flexibility index (Phi) is 4.76. The summed E-state index contributed by atoms with van der Waals surface area (Å²) in [6.45, 7) is 6.67. The van der Waals surface area contributed by atoms with E-state index in [2.05, 4.69) is 22.2 Å². The summed E-state index contributed by atoms with van der Waals surface area (Å²) in [7, 11) is 0. The lowest BCUT2D eigenvalue weighted by molar-refractivity contribution is -0.118. The largest absolute Gasteiger partial charge is 0.337 e. The molecular formula is C18H20N4OS. The predicted molar refractivity (Wildman–Crippen MR) is 97.9 cm³/mol. The molecule has 1 N–H and O–H groups in total. The van der Waals surface area contributed by atoms with Gasteiger partial charge < -0.3 is 9.88 Å². The Morgan fingerprint density at radius 3 is 2.67 bits per heavy atom. The van der Waals surface area contributed by atoms with Gasteiger partial charge in [0.15, 0.2) is 5.13 Å². The number of hydrogen-bond donors (Lipinski definition) is 1. The summed E-state index contributed by atoms with van der Waals surface area (Å²) in [5.41, 5.74) is 2.74. The maximum absolute atomic E-state index is 12.0. The number of carbonyl (C=O) groups excluding carboxylic acids is 1. The number of thiazole rings is 1. The van der Waals surface area contributed by atoms with E-state index in [1.165, 1.54) is 11.3 Å². The lowest BCUT2D eigenvalue weighted by Gasteiger charge is -2.03. The van der Waals surface area contributed by atoms with Crippen LogP contribution in [-0.2, 0) is 11.3 Å². The highest BCUT2D eigenvalue weighted by atomic mass is 32.1. The average Bonchev–Trinajstić information content (AvgIpc) is 3.22. The smallest absolute Gasteiger partial charge is 0.228 e. The third-order valence-corrected chi connectivity index (χ3v) is 4.65. The molecule has 24 heavy (non-hydrogen) atoms. The van der Waals surface area contributed by atoms with Gasteiger partial charge >= 0.3 is 0 Å². The van der Waals surface area contributed by atoms with Crippen molar-refractivity contribution in [3.63, 3.8) is 0 Å². The zero-order valence-electron chi connectivity index (χ0n) is 14.0. The molecule has 0 atom stereocenters. The summed E-state index contributed by atoms with van der Waals surface area (Å²) in [6, 6.07) is 9.97. The summed E-state index contributed by atoms with van der Waals surface area (Å²) >= 11 is 1.46. The Hall–Kier alpha value is -2.47. The van der Waals surface area contributed by atoms with Crippen LogP contribution in [0.4, 0.5) is 5.13 Å². The van der Waals surface area contributed by atoms with Crippen molar-refractivity contribution in [2.75, 3.05) is 5.32 Å². The van der Waals surface area contributed by atoms with Crippen molar-refractivity contribution in [1.29, 1.82) is 0 Å². The van der Waals surface area contributed by atoms with E-state index >= 15 is 0 Å². The standard InChI is InChI=1S/C18H20N4OS/c1-4-22-10-14(19-11-22)16-15(13-8-6-5-7-9-13)20-18(24-16)21-17(23)12(2)3/h5-12H,4H2,1-3H3,(H,20,21,23). The number of aromatic nitrogens is 3. The van der Waals surface area contributed by atoms with Crippen LogP contribution >= 0.6 is 11.3 Å². The van der Waals surface area contributed by atoms with E-state index in [-0.39, 0.29) is 11.8 Å². The van der Waals surface area contributed by atoms with E-state index in [9.17, 15) is 4.79 Å². The molecule has 0 spiro atoms. The maximum atomic E-state index is 12.0. The zero-order chi connectivity index (χ0) is 17.1. The summed E-state index contributed by atoms with van der Waals surface area (Å²) in [6.07, 6.45) is 3.82. The van der Waals surface area contributed by atoms with Crippen molar-refractivity contribution in [3.8, 4) is 21.8 Å². The highest BCUT2D eigenvalue weighted by Crippen LogP contribution is 2.38. The number of amides is 1. The Bertz CT molecular complexity index is 836. The minimum absolute atomic E-state index is 0.0333. The molecule has 1 aromatic carbocycles. The van der Waals surface area contributed by atoms with Gasteiger partial charge in [0, 0.05) is 24.2 Å². The first kappa shape index (κ1) is 16.4. The zero-order valence-corrected chi connectivity index (χ0v) is 14.8. The maximum Gasteiger partial charge on any atom is 0.228 e. The summed E-state index contributed by atoms with van der Waals surface area (Å²) in [5, 5.41) is 3.50. The Morgan fingerprint density at radius 2 is 2.04 bits per heavy atom. The topological polar surface area (TPSA) is 59.8 Å². The number of nitrogens with zero attached hydrogens (tertiary/aromatic N) is 3. The molecule has 3 rings (SSSR count). The molecule has 0 saturated heterocycles. The van der Waals surface area contributed by atoms with E-state index < -0.39 is 0 Å². The fourth-order valence-corrected chi connectivity index (χ4v) is 3.19. The van der Waals surface area contributed by atoms with Crippen molar-refractivity contribution in [3.05, 3.63) is 42.9 Å². The Labute approximate surface area is 145 Å². The van der Waals surface area contributed by atoms with Crippen LogP contribution in [0.5, 0.6) is 0 Å². The molecule has 0 aliphatic carbocycles. The van der Waals surface area contributed by atoms with Crippen LogP contribution in [0.2, 0.25) is 0 Å². The van der Waals surface area contributed by atoms with Crippen molar-refractivity contribution >= 4 is 22.4 Å². The SMILES string of the molecule is CCn1cnc(-c2sc(NC(=O)C(C)C)nc2-c2ccccc2)c1. The highest BCUT2D eigenvalue weighted by molar-refractivity contribution is 7.19. The summed E-state index contributed by atoms with van der Waals surface area (Å²) in [5.74, 6) is -0.120. The molecule has 0 saturated carbocycles. The summed E-state index contributed by atoms with van der Waals surface area (Å²) < 4.78 is 2.02. The molecule has 0 bridgehead atoms. The van der Waals surface area contributed by atoms with Crippen LogP contribution in [-0.4, -0.2) is 20.4 Å². The molecule has 2 aromatic heterocycles. The number of hydrogen-bond acceptors (Lipinski definition) is 4. The van der Waals surface area contributed by atoms with Gasteiger partial charge in [-0.25, -0.2) is 9.97 Å². The number of anilines is 1. The molecule has 0 aliphatic rings. The van der Waals surface area contributed by atoms with Crippen molar-refractivity contribution in [1.82, 2.24) is 14.5 Å². The van der Waals surface area contributed by atoms with Crippen LogP contribution in [0.1, 0.15) is 20.8 Å². The quantitative estimate of drug-likeness (QED) is 0.754. The fourth-order valence-electron chi connectivity index (χ4n) is 2.24. The molecule has 0 radical (unpaired) electrons. The van der Waals surface area contributed by atoms with Gasteiger partial charge in [-0.2, -0.15) is 0 Å². The van der Waals surface area contributed by atoms with Gasteiger partial charge in [0.1, 0.15) is 5.69 Å². The number of carbonyl (C=O) groups is 1. The fraction of sp³-hybridized carbons (Fsp3) is 0.278. The number of aryl methyl sites for hydroxylation is 1. The van der Waals surface area contributed by atoms with E-state index in [0.717, 1.165) is 28.4 Å². The van der Waals surface area contributed by atoms with E-state index in [1.54, 1.807) is 0 Å². The first-order chi connectivity index (χ1) is 11.6. The molecule has 3 aromatic rings. The normalized spacial score (nSPS) is 11.0. The lowest BCUT2D eigenvalue weighted by atomic mass is 10.1. The number of benzene rings is 1. The van der Waals surface area contributed by atoms with Gasteiger partial charge in [0.25, 0.3) is 0 Å². The van der Waals surface area contributed by atoms with Gasteiger partial charge in [0.05, 0.1) is 16.9 Å². The van der Waals surface area contributed by atoms with Crippen molar-refractivity contribution < 1.29 is 4.79 Å². The highest BCUT2D eigenvalue weighted by Gasteiger charge is 2.18. The molecule has 2 heterocycles. The number of rotatable bonds is 5. The second-order valence-corrected chi connectivity index (χ2v) is 6.80. The first-order valence-corrected chi connectivity index (χ1v) is 8.79. The number of nitrogens with one attached hydrogen (secondary N) is 1. The second kappa shape index (κ2) is 6.97. The minimum atomic E-state index is -0.0863. The molecule has 124 valence electrons. The number of imidazole rings is 1. The van der Waals surface area contributed by atoms with Crippen LogP contribution in [0.15, 0.2) is 42.9 Å². The van der Waals surface area contributed by atoms with Gasteiger partial charge in [-0.15, -0.1) is 0 Å². The van der Waals surface area contributed by atoms with Gasteiger partial charge in [-0.05, 0) is 6.92 Å². The van der Waals surface area contributed by atoms with E-state index in [1.807, 2.05) is 61.3 Å². The Balaban J connectivity index is 2.04. The van der Waals surface area contributed by atoms with Gasteiger partial charge in [-0.3, -0.25) is 4.79 Å². The molecule has 5 nitrogen and oxygen atoms in total. The molecule has 6 heteroatoms. The van der Waals surface area contributed by atoms with Gasteiger partial charge in [0.2, 0.25) is 5.91 Å². The Morgan fingerprint density at radius 1 is 1.29 bits per heavy atom. The average molecular weight is 340 g/mol. The van der Waals surface area contributed by atoms with E-state index in [0.29, 0.717) is 5.13 Å². The monoisotopic (exact) mass is 340 g/mol. The third-order valence-electron chi connectivity index (χ3n) is 3.66. The third kappa shape index (κ3) is 3.38. The second-order valence-electron chi connectivity index (χ2n) is 5.80. The first-order valence-electron chi connectivity index (χ1n) is 7.97. The minimum Gasteiger partial charge on any atom is -0.337 e. The molecule has 0 fully saturated rings. The lowest BCUT2D eigenvalue weighted by Crippen LogP contribution is -2.17. The molecule has 1 amide bonds. The molecular weight excluding hydrogens is 320 g/mol. The van der Waals surface area contributed by atoms with Crippen LogP contribution in [0.25, 0.3) is 21.8 Å². The molecule has 0 unspecified atom stereocenters. The summed E-state index contributed by atoms with van der Waals surface area (Å²) in [4.78, 5) is 22.1. The van der Waals surface area contributed by atoms with Crippen LogP contribution in [0.3, 0.4) is 0 Å². The van der Waals surface area contributed by atoms with Gasteiger partial charge in [-0.1, -0.05) is 55.5 Å². The van der Waals surface area contributed by atoms with E-state index in [4.69, 9.17) is 0 Å². The van der Waals surface area contributed by atoms with Crippen molar-refractivity contribution in [2.45, 2.75) is 27.3 Å². The predicted octanol–water partition coefficient (Wildman–Crippen LogP) is 4.29. The van der Waals surface area contributed by atoms with Crippen molar-refractivity contribution in [2.24, 2.45) is 5.92 Å². The van der Waals surface area contributed by atoms with Crippen LogP contribution < -0.4 is 5.32 Å². The molecule has 0 aliphatic heterocycles.